The van der Waals surface area contributed by atoms with Crippen LogP contribution < -0.4 is 4.90 Å². The van der Waals surface area contributed by atoms with E-state index in [1.165, 1.54) is 18.0 Å². The van der Waals surface area contributed by atoms with Crippen molar-refractivity contribution >= 4 is 29.5 Å². The molecule has 0 radical (unpaired) electrons. The number of carbonyl (C=O) groups is 2. The molecule has 0 saturated carbocycles. The largest absolute Gasteiger partial charge is 0.459 e. The second-order valence-corrected chi connectivity index (χ2v) is 9.30. The van der Waals surface area contributed by atoms with Crippen molar-refractivity contribution in [3.8, 4) is 17.7 Å². The van der Waals surface area contributed by atoms with Crippen LogP contribution in [-0.4, -0.2) is 76.6 Å². The smallest absolute Gasteiger partial charge is 0.266 e. The fourth-order valence-electron chi connectivity index (χ4n) is 4.19. The van der Waals surface area contributed by atoms with Crippen molar-refractivity contribution in [2.75, 3.05) is 49.9 Å². The standard InChI is InChI=1S/C24H24N6O4S/c25-14-18-24(34-22(27-18)19-4-3-13-33-19)30-11-9-28(10-12-30)21(31)16-35-20-6-5-17(15-26-20)23(32)29-7-1-2-8-29/h3-6,13,15H,1-2,7-12,16H2. The van der Waals surface area contributed by atoms with Gasteiger partial charge in [0.1, 0.15) is 6.07 Å². The quantitative estimate of drug-likeness (QED) is 0.478. The zero-order chi connectivity index (χ0) is 24.2. The van der Waals surface area contributed by atoms with Crippen LogP contribution in [0.25, 0.3) is 11.7 Å². The second-order valence-electron chi connectivity index (χ2n) is 8.30. The number of aromatic nitrogens is 2. The lowest BCUT2D eigenvalue weighted by Crippen LogP contribution is -2.49. The van der Waals surface area contributed by atoms with E-state index in [1.54, 1.807) is 35.4 Å². The molecule has 5 heterocycles. The Kier molecular flexibility index (Phi) is 6.72. The number of hydrogen-bond acceptors (Lipinski definition) is 9. The van der Waals surface area contributed by atoms with Gasteiger partial charge in [-0.3, -0.25) is 9.59 Å². The van der Waals surface area contributed by atoms with Gasteiger partial charge in [-0.2, -0.15) is 10.2 Å². The molecule has 3 aromatic rings. The van der Waals surface area contributed by atoms with Crippen molar-refractivity contribution in [2.24, 2.45) is 0 Å². The second kappa shape index (κ2) is 10.2. The fraction of sp³-hybridized carbons (Fsp3) is 0.375. The van der Waals surface area contributed by atoms with Crippen molar-refractivity contribution in [1.82, 2.24) is 19.8 Å². The highest BCUT2D eigenvalue weighted by Gasteiger charge is 2.27. The molecule has 2 aliphatic rings. The van der Waals surface area contributed by atoms with Crippen LogP contribution >= 0.6 is 11.8 Å². The number of amides is 2. The molecular formula is C24H24N6O4S. The van der Waals surface area contributed by atoms with Crippen molar-refractivity contribution < 1.29 is 18.4 Å². The maximum Gasteiger partial charge on any atom is 0.266 e. The molecule has 35 heavy (non-hydrogen) atoms. The highest BCUT2D eigenvalue weighted by Crippen LogP contribution is 2.29. The Labute approximate surface area is 206 Å². The lowest BCUT2D eigenvalue weighted by atomic mass is 10.2. The number of likely N-dealkylation sites (tertiary alicyclic amines) is 1. The number of rotatable bonds is 6. The number of oxazole rings is 1. The summed E-state index contributed by atoms with van der Waals surface area (Å²) in [6.45, 7) is 3.69. The average molecular weight is 493 g/mol. The maximum atomic E-state index is 12.7. The van der Waals surface area contributed by atoms with Crippen LogP contribution in [-0.2, 0) is 4.79 Å². The first-order valence-electron chi connectivity index (χ1n) is 11.5. The summed E-state index contributed by atoms with van der Waals surface area (Å²) < 4.78 is 11.1. The SMILES string of the molecule is N#Cc1nc(-c2ccco2)oc1N1CCN(C(=O)CSc2ccc(C(=O)N3CCCC3)cn2)CC1. The molecule has 3 aromatic heterocycles. The molecule has 0 aliphatic carbocycles. The third-order valence-corrected chi connectivity index (χ3v) is 7.02. The molecule has 2 amide bonds. The Morgan fingerprint density at radius 3 is 2.51 bits per heavy atom. The zero-order valence-electron chi connectivity index (χ0n) is 19.1. The lowest BCUT2D eigenvalue weighted by Gasteiger charge is -2.34. The first-order valence-corrected chi connectivity index (χ1v) is 12.5. The summed E-state index contributed by atoms with van der Waals surface area (Å²) in [4.78, 5) is 39.3. The summed E-state index contributed by atoms with van der Waals surface area (Å²) in [5.74, 6) is 1.41. The Morgan fingerprint density at radius 1 is 1.06 bits per heavy atom. The summed E-state index contributed by atoms with van der Waals surface area (Å²) in [6.07, 6.45) is 5.21. The molecule has 180 valence electrons. The molecule has 2 aliphatic heterocycles. The molecule has 11 heteroatoms. The number of nitrogens with zero attached hydrogens (tertiary/aromatic N) is 6. The van der Waals surface area contributed by atoms with Crippen molar-refractivity contribution in [2.45, 2.75) is 17.9 Å². The molecule has 2 fully saturated rings. The van der Waals surface area contributed by atoms with Crippen LogP contribution in [0.15, 0.2) is 50.6 Å². The highest BCUT2D eigenvalue weighted by molar-refractivity contribution is 7.99. The van der Waals surface area contributed by atoms with Gasteiger partial charge < -0.3 is 23.5 Å². The van der Waals surface area contributed by atoms with Crippen LogP contribution in [0.4, 0.5) is 5.88 Å². The van der Waals surface area contributed by atoms with E-state index in [0.29, 0.717) is 48.4 Å². The van der Waals surface area contributed by atoms with Gasteiger partial charge in [0.2, 0.25) is 17.5 Å². The highest BCUT2D eigenvalue weighted by atomic mass is 32.2. The summed E-state index contributed by atoms with van der Waals surface area (Å²) >= 11 is 1.36. The number of piperazine rings is 1. The van der Waals surface area contributed by atoms with Gasteiger partial charge in [-0.1, -0.05) is 11.8 Å². The maximum absolute atomic E-state index is 12.7. The minimum Gasteiger partial charge on any atom is -0.459 e. The van der Waals surface area contributed by atoms with E-state index >= 15 is 0 Å². The molecule has 0 N–H and O–H groups in total. The van der Waals surface area contributed by atoms with E-state index in [4.69, 9.17) is 8.83 Å². The minimum absolute atomic E-state index is 0.0167. The monoisotopic (exact) mass is 492 g/mol. The Morgan fingerprint density at radius 2 is 1.86 bits per heavy atom. The van der Waals surface area contributed by atoms with E-state index in [2.05, 4.69) is 16.0 Å². The molecule has 0 spiro atoms. The van der Waals surface area contributed by atoms with Gasteiger partial charge >= 0.3 is 0 Å². The molecule has 0 aromatic carbocycles. The van der Waals surface area contributed by atoms with Gasteiger partial charge in [0.15, 0.2) is 5.76 Å². The van der Waals surface area contributed by atoms with Crippen molar-refractivity contribution in [3.05, 3.63) is 48.0 Å². The van der Waals surface area contributed by atoms with Crippen LogP contribution in [0.3, 0.4) is 0 Å². The van der Waals surface area contributed by atoms with E-state index in [1.807, 2.05) is 9.80 Å². The summed E-state index contributed by atoms with van der Waals surface area (Å²) in [5.41, 5.74) is 0.780. The molecule has 0 bridgehead atoms. The van der Waals surface area contributed by atoms with Crippen LogP contribution in [0.5, 0.6) is 0 Å². The van der Waals surface area contributed by atoms with Crippen molar-refractivity contribution in [1.29, 1.82) is 5.26 Å². The average Bonchev–Trinajstić information content (AvgIpc) is 3.69. The van der Waals surface area contributed by atoms with E-state index in [-0.39, 0.29) is 29.2 Å². The minimum atomic E-state index is 0.0167. The van der Waals surface area contributed by atoms with E-state index in [9.17, 15) is 14.9 Å². The van der Waals surface area contributed by atoms with Gasteiger partial charge in [0.05, 0.1) is 22.6 Å². The third kappa shape index (κ3) is 5.02. The van der Waals surface area contributed by atoms with E-state index in [0.717, 1.165) is 25.9 Å². The van der Waals surface area contributed by atoms with Crippen LogP contribution in [0, 0.1) is 11.3 Å². The van der Waals surface area contributed by atoms with E-state index < -0.39 is 0 Å². The molecule has 5 rings (SSSR count). The van der Waals surface area contributed by atoms with Crippen LogP contribution in [0.2, 0.25) is 0 Å². The molecular weight excluding hydrogens is 468 g/mol. The third-order valence-electron chi connectivity index (χ3n) is 6.09. The topological polar surface area (TPSA) is 120 Å². The van der Waals surface area contributed by atoms with Gasteiger partial charge in [-0.25, -0.2) is 4.98 Å². The predicted octanol–water partition coefficient (Wildman–Crippen LogP) is 2.88. The zero-order valence-corrected chi connectivity index (χ0v) is 19.9. The summed E-state index contributed by atoms with van der Waals surface area (Å²) in [7, 11) is 0. The fourth-order valence-corrected chi connectivity index (χ4v) is 4.93. The first kappa shape index (κ1) is 23.0. The van der Waals surface area contributed by atoms with Gasteiger partial charge in [0, 0.05) is 45.5 Å². The molecule has 0 unspecified atom stereocenters. The number of carbonyl (C=O) groups excluding carboxylic acids is 2. The van der Waals surface area contributed by atoms with Gasteiger partial charge in [0.25, 0.3) is 11.8 Å². The summed E-state index contributed by atoms with van der Waals surface area (Å²) in [6, 6.07) is 9.09. The number of anilines is 1. The summed E-state index contributed by atoms with van der Waals surface area (Å²) in [5, 5.41) is 10.2. The number of nitriles is 1. The Balaban J connectivity index is 1.12. The molecule has 0 atom stereocenters. The number of pyridine rings is 1. The Hall–Kier alpha value is -3.78. The molecule has 2 saturated heterocycles. The van der Waals surface area contributed by atoms with Gasteiger partial charge in [-0.15, -0.1) is 0 Å². The lowest BCUT2D eigenvalue weighted by molar-refractivity contribution is -0.128. The number of hydrogen-bond donors (Lipinski definition) is 0. The molecule has 10 nitrogen and oxygen atoms in total. The normalized spacial score (nSPS) is 15.9. The van der Waals surface area contributed by atoms with Crippen molar-refractivity contribution in [3.63, 3.8) is 0 Å². The Bertz CT molecular complexity index is 1220. The number of furan rings is 1. The predicted molar refractivity (Wildman–Crippen MR) is 128 cm³/mol. The van der Waals surface area contributed by atoms with Gasteiger partial charge in [-0.05, 0) is 37.1 Å². The first-order chi connectivity index (χ1) is 17.1. The van der Waals surface area contributed by atoms with Crippen LogP contribution in [0.1, 0.15) is 28.9 Å². The number of thioether (sulfide) groups is 1.